The van der Waals surface area contributed by atoms with Gasteiger partial charge in [-0.3, -0.25) is 19.4 Å². The lowest BCUT2D eigenvalue weighted by Gasteiger charge is -2.36. The van der Waals surface area contributed by atoms with Gasteiger partial charge >= 0.3 is 5.97 Å². The Labute approximate surface area is 102 Å². The van der Waals surface area contributed by atoms with Crippen LogP contribution in [0.2, 0.25) is 0 Å². The highest BCUT2D eigenvalue weighted by Crippen LogP contribution is 2.06. The number of hydrogen-bond acceptors (Lipinski definition) is 4. The monoisotopic (exact) mass is 243 g/mol. The van der Waals surface area contributed by atoms with Gasteiger partial charge in [0.2, 0.25) is 5.91 Å². The molecule has 98 valence electrons. The van der Waals surface area contributed by atoms with Gasteiger partial charge < -0.3 is 10.4 Å². The van der Waals surface area contributed by atoms with Gasteiger partial charge in [0, 0.05) is 32.7 Å². The van der Waals surface area contributed by atoms with Gasteiger partial charge in [0.05, 0.1) is 6.54 Å². The Morgan fingerprint density at radius 1 is 1.29 bits per heavy atom. The SMILES string of the molecule is CCNC(=O)CN1CCN(C(C)C(=O)O)CC1. The van der Waals surface area contributed by atoms with E-state index in [-0.39, 0.29) is 5.91 Å². The standard InChI is InChI=1S/C11H21N3O3/c1-3-12-10(15)8-13-4-6-14(7-5-13)9(2)11(16)17/h9H,3-8H2,1-2H3,(H,12,15)(H,16,17). The molecule has 0 saturated carbocycles. The fourth-order valence-electron chi connectivity index (χ4n) is 1.92. The lowest BCUT2D eigenvalue weighted by atomic mass is 10.2. The average molecular weight is 243 g/mol. The second-order valence-corrected chi connectivity index (χ2v) is 4.28. The Bertz CT molecular complexity index is 275. The second-order valence-electron chi connectivity index (χ2n) is 4.28. The lowest BCUT2D eigenvalue weighted by molar-refractivity contribution is -0.143. The first-order chi connectivity index (χ1) is 8.04. The van der Waals surface area contributed by atoms with Crippen LogP contribution in [0.15, 0.2) is 0 Å². The molecule has 0 radical (unpaired) electrons. The quantitative estimate of drug-likeness (QED) is 0.662. The van der Waals surface area contributed by atoms with Crippen LogP contribution in [-0.2, 0) is 9.59 Å². The summed E-state index contributed by atoms with van der Waals surface area (Å²) in [5.74, 6) is -0.755. The third-order valence-electron chi connectivity index (χ3n) is 3.05. The summed E-state index contributed by atoms with van der Waals surface area (Å²) in [7, 11) is 0. The Balaban J connectivity index is 2.30. The molecule has 6 nitrogen and oxygen atoms in total. The number of aliphatic carboxylic acids is 1. The first kappa shape index (κ1) is 13.9. The molecule has 0 aromatic carbocycles. The zero-order valence-corrected chi connectivity index (χ0v) is 10.5. The van der Waals surface area contributed by atoms with Gasteiger partial charge in [0.15, 0.2) is 0 Å². The number of carboxylic acids is 1. The third-order valence-corrected chi connectivity index (χ3v) is 3.05. The number of likely N-dealkylation sites (N-methyl/N-ethyl adjacent to an activating group) is 1. The number of carboxylic acid groups (broad SMARTS) is 1. The topological polar surface area (TPSA) is 72.9 Å². The van der Waals surface area contributed by atoms with Crippen molar-refractivity contribution in [3.63, 3.8) is 0 Å². The van der Waals surface area contributed by atoms with E-state index in [9.17, 15) is 9.59 Å². The van der Waals surface area contributed by atoms with Crippen LogP contribution in [-0.4, -0.2) is 72.1 Å². The third kappa shape index (κ3) is 4.32. The van der Waals surface area contributed by atoms with Gasteiger partial charge in [0.25, 0.3) is 0 Å². The van der Waals surface area contributed by atoms with Crippen LogP contribution in [0.5, 0.6) is 0 Å². The fraction of sp³-hybridized carbons (Fsp3) is 0.818. The fourth-order valence-corrected chi connectivity index (χ4v) is 1.92. The molecular formula is C11H21N3O3. The molecule has 6 heteroatoms. The van der Waals surface area contributed by atoms with Gasteiger partial charge in [-0.1, -0.05) is 0 Å². The molecule has 1 fully saturated rings. The second kappa shape index (κ2) is 6.56. The first-order valence-electron chi connectivity index (χ1n) is 6.00. The molecule has 0 aliphatic carbocycles. The number of carbonyl (C=O) groups excluding carboxylic acids is 1. The summed E-state index contributed by atoms with van der Waals surface area (Å²) in [4.78, 5) is 26.2. The Kier molecular flexibility index (Phi) is 5.37. The van der Waals surface area contributed by atoms with Crippen molar-refractivity contribution in [2.24, 2.45) is 0 Å². The van der Waals surface area contributed by atoms with Crippen LogP contribution in [0.4, 0.5) is 0 Å². The minimum atomic E-state index is -0.790. The summed E-state index contributed by atoms with van der Waals surface area (Å²) in [6, 6.07) is -0.443. The molecule has 1 heterocycles. The van der Waals surface area contributed by atoms with Gasteiger partial charge in [-0.25, -0.2) is 0 Å². The lowest BCUT2D eigenvalue weighted by Crippen LogP contribution is -2.53. The summed E-state index contributed by atoms with van der Waals surface area (Å²) >= 11 is 0. The molecule has 1 atom stereocenters. The van der Waals surface area contributed by atoms with E-state index < -0.39 is 12.0 Å². The van der Waals surface area contributed by atoms with E-state index in [0.29, 0.717) is 26.2 Å². The number of piperazine rings is 1. The molecule has 0 bridgehead atoms. The highest BCUT2D eigenvalue weighted by atomic mass is 16.4. The molecule has 1 rings (SSSR count). The number of carbonyl (C=O) groups is 2. The van der Waals surface area contributed by atoms with Crippen molar-refractivity contribution in [3.05, 3.63) is 0 Å². The summed E-state index contributed by atoms with van der Waals surface area (Å²) in [5, 5.41) is 11.7. The Hall–Kier alpha value is -1.14. The molecule has 1 aliphatic heterocycles. The number of hydrogen-bond donors (Lipinski definition) is 2. The molecule has 2 N–H and O–H groups in total. The van der Waals surface area contributed by atoms with Crippen LogP contribution in [0.3, 0.4) is 0 Å². The largest absolute Gasteiger partial charge is 0.480 e. The Morgan fingerprint density at radius 3 is 2.35 bits per heavy atom. The molecule has 1 unspecified atom stereocenters. The van der Waals surface area contributed by atoms with Crippen molar-refractivity contribution in [1.82, 2.24) is 15.1 Å². The molecule has 0 aromatic heterocycles. The van der Waals surface area contributed by atoms with E-state index in [1.54, 1.807) is 6.92 Å². The van der Waals surface area contributed by atoms with Gasteiger partial charge in [0.1, 0.15) is 6.04 Å². The maximum atomic E-state index is 11.4. The maximum Gasteiger partial charge on any atom is 0.320 e. The van der Waals surface area contributed by atoms with Crippen LogP contribution < -0.4 is 5.32 Å². The van der Waals surface area contributed by atoms with Crippen LogP contribution in [0, 0.1) is 0 Å². The van der Waals surface area contributed by atoms with Crippen molar-refractivity contribution in [2.45, 2.75) is 19.9 Å². The van der Waals surface area contributed by atoms with E-state index in [4.69, 9.17) is 5.11 Å². The van der Waals surface area contributed by atoms with Crippen LogP contribution >= 0.6 is 0 Å². The number of amides is 1. The van der Waals surface area contributed by atoms with Crippen LogP contribution in [0.25, 0.3) is 0 Å². The first-order valence-corrected chi connectivity index (χ1v) is 6.00. The van der Waals surface area contributed by atoms with E-state index in [1.807, 2.05) is 11.8 Å². The molecule has 0 aromatic rings. The summed E-state index contributed by atoms with van der Waals surface area (Å²) in [5.41, 5.74) is 0. The van der Waals surface area contributed by atoms with Crippen LogP contribution in [0.1, 0.15) is 13.8 Å². The molecule has 1 aliphatic rings. The van der Waals surface area contributed by atoms with E-state index >= 15 is 0 Å². The van der Waals surface area contributed by atoms with E-state index in [2.05, 4.69) is 10.2 Å². The van der Waals surface area contributed by atoms with Gasteiger partial charge in [-0.05, 0) is 13.8 Å². The molecular weight excluding hydrogens is 222 g/mol. The molecule has 0 spiro atoms. The molecule has 17 heavy (non-hydrogen) atoms. The summed E-state index contributed by atoms with van der Waals surface area (Å²) in [6.45, 7) is 7.54. The average Bonchev–Trinajstić information content (AvgIpc) is 2.29. The number of nitrogens with zero attached hydrogens (tertiary/aromatic N) is 2. The Morgan fingerprint density at radius 2 is 1.88 bits per heavy atom. The minimum Gasteiger partial charge on any atom is -0.480 e. The number of rotatable bonds is 5. The van der Waals surface area contributed by atoms with Crippen molar-refractivity contribution in [1.29, 1.82) is 0 Å². The van der Waals surface area contributed by atoms with Crippen molar-refractivity contribution >= 4 is 11.9 Å². The highest BCUT2D eigenvalue weighted by molar-refractivity contribution is 5.78. The van der Waals surface area contributed by atoms with Gasteiger partial charge in [-0.2, -0.15) is 0 Å². The number of nitrogens with one attached hydrogen (secondary N) is 1. The maximum absolute atomic E-state index is 11.4. The van der Waals surface area contributed by atoms with Crippen molar-refractivity contribution in [3.8, 4) is 0 Å². The highest BCUT2D eigenvalue weighted by Gasteiger charge is 2.25. The van der Waals surface area contributed by atoms with E-state index in [0.717, 1.165) is 13.1 Å². The summed E-state index contributed by atoms with van der Waals surface area (Å²) < 4.78 is 0. The predicted octanol–water partition coefficient (Wildman–Crippen LogP) is -0.787. The van der Waals surface area contributed by atoms with Gasteiger partial charge in [-0.15, -0.1) is 0 Å². The van der Waals surface area contributed by atoms with Crippen molar-refractivity contribution < 1.29 is 14.7 Å². The normalized spacial score (nSPS) is 19.9. The molecule has 1 amide bonds. The summed E-state index contributed by atoms with van der Waals surface area (Å²) in [6.07, 6.45) is 0. The van der Waals surface area contributed by atoms with E-state index in [1.165, 1.54) is 0 Å². The zero-order chi connectivity index (χ0) is 12.8. The predicted molar refractivity (Wildman–Crippen MR) is 63.8 cm³/mol. The zero-order valence-electron chi connectivity index (χ0n) is 10.5. The van der Waals surface area contributed by atoms with Crippen molar-refractivity contribution in [2.75, 3.05) is 39.3 Å². The molecule has 1 saturated heterocycles. The minimum absolute atomic E-state index is 0.0345. The smallest absolute Gasteiger partial charge is 0.320 e.